The standard InChI is InChI=1S/2C24H25ClN2O4.C20H24ClNO2.ClH/c2*1-3-22-26-14-21(31-22)23(28)27-20(11-15(2)24(29)30)12-16-7-9-17(10-8-16)18-5-4-6-19(25)13-18;1-3-24-20(23)14(2)11-19(22)12-15-7-9-16(10-8-15)17-5-4-6-18(21)13-17;/h2*4-10,13-15,20H,3,11-12H2,1-2H3,(H,27,28)(H,29,30);4-10,13-14,19H,3,11-12,22H2,1-2H3;1H/t15-,20+;15-,20-;14?,19-;/m100./s1. The number of carbonyl (C=O) groups excluding carboxylic acids is 3. The number of carboxylic acids is 2. The number of nitrogens with two attached hydrogens (primary N) is 1. The Bertz CT molecular complexity index is 3310. The van der Waals surface area contributed by atoms with Gasteiger partial charge in [-0.15, -0.1) is 12.4 Å². The number of carboxylic acid groups (broad SMARTS) is 2. The van der Waals surface area contributed by atoms with E-state index in [-0.39, 0.29) is 53.9 Å². The number of hydrogen-bond donors (Lipinski definition) is 5. The molecule has 15 nitrogen and oxygen atoms in total. The van der Waals surface area contributed by atoms with Crippen molar-refractivity contribution in [3.63, 3.8) is 0 Å². The van der Waals surface area contributed by atoms with Crippen LogP contribution in [0.15, 0.2) is 167 Å². The number of aliphatic carboxylic acids is 2. The van der Waals surface area contributed by atoms with Crippen LogP contribution in [0.4, 0.5) is 0 Å². The van der Waals surface area contributed by atoms with E-state index in [0.29, 0.717) is 73.4 Å². The topological polar surface area (TPSA) is 237 Å². The number of nitrogens with one attached hydrogen (secondary N) is 2. The number of hydrogen-bond acceptors (Lipinski definition) is 11. The Morgan fingerprint density at radius 1 is 0.506 bits per heavy atom. The fraction of sp³-hybridized carbons (Fsp3) is 0.309. The molecule has 0 aliphatic carbocycles. The first-order valence-electron chi connectivity index (χ1n) is 28.6. The number of oxazole rings is 2. The van der Waals surface area contributed by atoms with Crippen molar-refractivity contribution in [2.45, 2.75) is 111 Å². The van der Waals surface area contributed by atoms with Gasteiger partial charge < -0.3 is 40.2 Å². The van der Waals surface area contributed by atoms with Crippen LogP contribution >= 0.6 is 47.2 Å². The third-order valence-electron chi connectivity index (χ3n) is 14.1. The van der Waals surface area contributed by atoms with Crippen LogP contribution in [0.3, 0.4) is 0 Å². The molecule has 2 aromatic heterocycles. The van der Waals surface area contributed by atoms with Gasteiger partial charge in [0.1, 0.15) is 0 Å². The lowest BCUT2D eigenvalue weighted by Crippen LogP contribution is -2.38. The molecule has 0 saturated heterocycles. The predicted octanol–water partition coefficient (Wildman–Crippen LogP) is 14.9. The molecular weight excluding hydrogens is 1190 g/mol. The molecule has 0 fully saturated rings. The second-order valence-electron chi connectivity index (χ2n) is 21.1. The van der Waals surface area contributed by atoms with E-state index in [0.717, 1.165) is 61.5 Å². The molecule has 0 aliphatic rings. The molecule has 8 aromatic rings. The lowest BCUT2D eigenvalue weighted by atomic mass is 9.95. The van der Waals surface area contributed by atoms with Crippen LogP contribution in [0.25, 0.3) is 33.4 Å². The number of carbonyl (C=O) groups is 5. The second-order valence-corrected chi connectivity index (χ2v) is 22.4. The van der Waals surface area contributed by atoms with Crippen LogP contribution in [0.2, 0.25) is 15.1 Å². The Hall–Kier alpha value is -7.79. The minimum absolute atomic E-state index is 0. The van der Waals surface area contributed by atoms with E-state index in [9.17, 15) is 34.2 Å². The van der Waals surface area contributed by atoms with Gasteiger partial charge in [0, 0.05) is 46.0 Å². The summed E-state index contributed by atoms with van der Waals surface area (Å²) in [7, 11) is 0. The Morgan fingerprint density at radius 3 is 1.15 bits per heavy atom. The summed E-state index contributed by atoms with van der Waals surface area (Å²) in [6.07, 6.45) is 6.91. The van der Waals surface area contributed by atoms with Crippen LogP contribution < -0.4 is 16.4 Å². The van der Waals surface area contributed by atoms with E-state index in [2.05, 4.69) is 44.9 Å². The summed E-state index contributed by atoms with van der Waals surface area (Å²) in [5.74, 6) is -2.93. The number of amides is 2. The number of ether oxygens (including phenoxy) is 1. The van der Waals surface area contributed by atoms with Crippen LogP contribution in [0, 0.1) is 17.8 Å². The van der Waals surface area contributed by atoms with Crippen molar-refractivity contribution in [3.8, 4) is 33.4 Å². The van der Waals surface area contributed by atoms with Crippen molar-refractivity contribution in [2.24, 2.45) is 23.5 Å². The molecule has 19 heteroatoms. The minimum atomic E-state index is -0.900. The zero-order valence-electron chi connectivity index (χ0n) is 49.5. The summed E-state index contributed by atoms with van der Waals surface area (Å²) in [5, 5.41) is 26.5. The Kier molecular flexibility index (Phi) is 28.3. The predicted molar refractivity (Wildman–Crippen MR) is 345 cm³/mol. The van der Waals surface area contributed by atoms with Gasteiger partial charge >= 0.3 is 17.9 Å². The van der Waals surface area contributed by atoms with Gasteiger partial charge in [-0.05, 0) is 132 Å². The van der Waals surface area contributed by atoms with Crippen LogP contribution in [0.5, 0.6) is 0 Å². The van der Waals surface area contributed by atoms with E-state index in [4.69, 9.17) is 54.1 Å². The van der Waals surface area contributed by atoms with Gasteiger partial charge in [-0.1, -0.05) is 179 Å². The summed E-state index contributed by atoms with van der Waals surface area (Å²) in [6.45, 7) is 11.1. The first kappa shape index (κ1) is 70.0. The highest BCUT2D eigenvalue weighted by molar-refractivity contribution is 6.31. The third-order valence-corrected chi connectivity index (χ3v) is 14.8. The van der Waals surface area contributed by atoms with E-state index in [1.807, 2.05) is 149 Å². The van der Waals surface area contributed by atoms with Crippen molar-refractivity contribution in [3.05, 3.63) is 213 Å². The van der Waals surface area contributed by atoms with E-state index < -0.39 is 35.6 Å². The third kappa shape index (κ3) is 22.8. The van der Waals surface area contributed by atoms with Crippen LogP contribution in [-0.2, 0) is 51.2 Å². The van der Waals surface area contributed by atoms with Crippen molar-refractivity contribution < 1.29 is 47.8 Å². The fourth-order valence-corrected chi connectivity index (χ4v) is 9.98. The molecule has 1 unspecified atom stereocenters. The minimum Gasteiger partial charge on any atom is -0.481 e. The first-order chi connectivity index (χ1) is 41.2. The maximum absolute atomic E-state index is 12.6. The Balaban J connectivity index is 0.000000239. The molecule has 8 rings (SSSR count). The number of benzene rings is 6. The molecular formula is C68H75Cl4N5O10. The van der Waals surface area contributed by atoms with Gasteiger partial charge in [-0.3, -0.25) is 24.0 Å². The lowest BCUT2D eigenvalue weighted by Gasteiger charge is -2.20. The monoisotopic (exact) mass is 1260 g/mol. The normalized spacial score (nSPS) is 12.9. The van der Waals surface area contributed by atoms with Gasteiger partial charge in [-0.25, -0.2) is 9.97 Å². The fourth-order valence-electron chi connectivity index (χ4n) is 9.41. The average molecular weight is 1260 g/mol. The van der Waals surface area contributed by atoms with Crippen LogP contribution in [0.1, 0.15) is 110 Å². The summed E-state index contributed by atoms with van der Waals surface area (Å²) in [6, 6.07) is 46.4. The molecule has 2 amide bonds. The van der Waals surface area contributed by atoms with E-state index in [1.54, 1.807) is 13.8 Å². The SMILES string of the molecule is CCOC(=O)C(C)C[C@H](N)Cc1ccc(-c2cccc(Cl)c2)cc1.CCc1ncc(C(=O)N[C@H](Cc2ccc(-c3cccc(Cl)c3)cc2)C[C@@H](C)C(=O)O)o1.CCc1ncc(C(=O)N[C@H](Cc2ccc(-c3cccc(Cl)c3)cc2)C[C@H](C)C(=O)O)o1.Cl. The smallest absolute Gasteiger partial charge is 0.308 e. The van der Waals surface area contributed by atoms with Gasteiger partial charge in [0.05, 0.1) is 36.8 Å². The average Bonchev–Trinajstić information content (AvgIpc) is 4.35. The molecule has 2 heterocycles. The number of esters is 1. The zero-order chi connectivity index (χ0) is 62.3. The molecule has 0 saturated carbocycles. The summed E-state index contributed by atoms with van der Waals surface area (Å²) in [4.78, 5) is 67.7. The van der Waals surface area contributed by atoms with Gasteiger partial charge in [0.15, 0.2) is 11.8 Å². The summed E-state index contributed by atoms with van der Waals surface area (Å²) >= 11 is 18.2. The Morgan fingerprint density at radius 2 is 0.851 bits per heavy atom. The van der Waals surface area contributed by atoms with Crippen molar-refractivity contribution in [1.82, 2.24) is 20.6 Å². The Labute approximate surface area is 529 Å². The first-order valence-corrected chi connectivity index (χ1v) is 29.8. The molecule has 6 N–H and O–H groups in total. The molecule has 6 aromatic carbocycles. The number of halogens is 4. The zero-order valence-corrected chi connectivity index (χ0v) is 52.6. The molecule has 0 spiro atoms. The highest BCUT2D eigenvalue weighted by Gasteiger charge is 2.25. The highest BCUT2D eigenvalue weighted by Crippen LogP contribution is 2.27. The quantitative estimate of drug-likeness (QED) is 0.0335. The number of aryl methyl sites for hydroxylation is 2. The summed E-state index contributed by atoms with van der Waals surface area (Å²) < 4.78 is 15.9. The van der Waals surface area contributed by atoms with Gasteiger partial charge in [0.25, 0.3) is 11.8 Å². The lowest BCUT2D eigenvalue weighted by molar-refractivity contribution is -0.148. The van der Waals surface area contributed by atoms with E-state index in [1.165, 1.54) is 12.4 Å². The molecule has 0 bridgehead atoms. The molecule has 0 aliphatic heterocycles. The summed E-state index contributed by atoms with van der Waals surface area (Å²) in [5.41, 5.74) is 15.6. The number of nitrogens with zero attached hydrogens (tertiary/aromatic N) is 2. The van der Waals surface area contributed by atoms with Crippen molar-refractivity contribution in [2.75, 3.05) is 6.61 Å². The highest BCUT2D eigenvalue weighted by atomic mass is 35.5. The maximum atomic E-state index is 12.6. The largest absolute Gasteiger partial charge is 0.481 e. The molecule has 6 atom stereocenters. The number of rotatable bonds is 25. The molecule has 460 valence electrons. The molecule has 87 heavy (non-hydrogen) atoms. The molecule has 0 radical (unpaired) electrons. The number of aromatic nitrogens is 2. The van der Waals surface area contributed by atoms with Gasteiger partial charge in [0.2, 0.25) is 11.5 Å². The second kappa shape index (κ2) is 35.1. The van der Waals surface area contributed by atoms with E-state index >= 15 is 0 Å². The van der Waals surface area contributed by atoms with Crippen LogP contribution in [-0.4, -0.2) is 74.6 Å². The van der Waals surface area contributed by atoms with Crippen molar-refractivity contribution in [1.29, 1.82) is 0 Å². The van der Waals surface area contributed by atoms with Gasteiger partial charge in [-0.2, -0.15) is 0 Å². The van der Waals surface area contributed by atoms with Crippen molar-refractivity contribution >= 4 is 76.9 Å². The maximum Gasteiger partial charge on any atom is 0.308 e.